The van der Waals surface area contributed by atoms with Crippen molar-refractivity contribution in [1.29, 1.82) is 0 Å². The first kappa shape index (κ1) is 158. The summed E-state index contributed by atoms with van der Waals surface area (Å²) in [6.45, 7) is 0. The molecule has 0 atom stereocenters. The second-order valence-corrected chi connectivity index (χ2v) is 0. The Morgan fingerprint density at radius 1 is 0.571 bits per heavy atom. The van der Waals surface area contributed by atoms with E-state index in [9.17, 15) is 0 Å². The molecule has 0 aromatic carbocycles. The van der Waals surface area contributed by atoms with Crippen LogP contribution in [0.4, 0.5) is 0 Å². The van der Waals surface area contributed by atoms with Crippen LogP contribution in [-0.4, -0.2) is 46.3 Å². The predicted molar refractivity (Wildman–Crippen MR) is 13.5 cm³/mol. The normalized spacial score (nSPS) is 0. The van der Waals surface area contributed by atoms with E-state index in [1.165, 1.54) is 0 Å². The quantitative estimate of drug-likeness (QED) is 0.527. The van der Waals surface area contributed by atoms with Gasteiger partial charge in [0.15, 0.2) is 0 Å². The molecule has 0 aliphatic rings. The van der Waals surface area contributed by atoms with Crippen molar-refractivity contribution in [1.82, 2.24) is 0 Å². The standard InChI is InChI=1S/Ni.4H2O.Sb.Ti/h;4*1H2;;/q+2;;;;;+3;/p-4. The third-order valence-corrected chi connectivity index (χ3v) is 0. The van der Waals surface area contributed by atoms with Crippen LogP contribution < -0.4 is 0 Å². The average Bonchev–Trinajstić information content (AvgIpc) is 0. The zero-order chi connectivity index (χ0) is 0. The van der Waals surface area contributed by atoms with Gasteiger partial charge < -0.3 is 21.9 Å². The van der Waals surface area contributed by atoms with E-state index in [2.05, 4.69) is 0 Å². The molecule has 0 amide bonds. The molecule has 0 fully saturated rings. The van der Waals surface area contributed by atoms with Crippen molar-refractivity contribution >= 4 is 24.4 Å². The fraction of sp³-hybridized carbons (Fsp3) is 0. The summed E-state index contributed by atoms with van der Waals surface area (Å²) in [5.74, 6) is 0. The Morgan fingerprint density at radius 3 is 0.571 bits per heavy atom. The molecular weight excluding hydrogens is 292 g/mol. The fourth-order valence-corrected chi connectivity index (χ4v) is 0. The van der Waals surface area contributed by atoms with Gasteiger partial charge in [-0.15, -0.1) is 0 Å². The van der Waals surface area contributed by atoms with Crippen LogP contribution in [0, 0.1) is 0 Å². The van der Waals surface area contributed by atoms with E-state index in [1.807, 2.05) is 0 Å². The molecule has 0 bridgehead atoms. The summed E-state index contributed by atoms with van der Waals surface area (Å²) in [4.78, 5) is 0. The molecule has 2 radical (unpaired) electrons. The summed E-state index contributed by atoms with van der Waals surface area (Å²) in [5, 5.41) is 0. The third kappa shape index (κ3) is 77.7. The molecule has 0 aromatic rings. The molecule has 7 heavy (non-hydrogen) atoms. The second-order valence-electron chi connectivity index (χ2n) is 0. The molecular formula is H4NiO4SbTi+. The summed E-state index contributed by atoms with van der Waals surface area (Å²) in [6, 6.07) is 0. The van der Waals surface area contributed by atoms with E-state index in [0.717, 1.165) is 0 Å². The molecule has 0 saturated heterocycles. The van der Waals surface area contributed by atoms with Gasteiger partial charge in [-0.1, -0.05) is 0 Å². The molecule has 0 spiro atoms. The van der Waals surface area contributed by atoms with Gasteiger partial charge in [0.2, 0.25) is 0 Å². The van der Waals surface area contributed by atoms with E-state index in [4.69, 9.17) is 0 Å². The average molecular weight is 296 g/mol. The Balaban J connectivity index is 0. The summed E-state index contributed by atoms with van der Waals surface area (Å²) < 4.78 is 0. The van der Waals surface area contributed by atoms with Gasteiger partial charge in [-0.2, -0.15) is 0 Å². The minimum Gasteiger partial charge on any atom is -0.870 e. The molecule has 0 heterocycles. The minimum atomic E-state index is 0. The van der Waals surface area contributed by atoms with Gasteiger partial charge in [-0.05, 0) is 0 Å². The monoisotopic (exact) mass is 295 g/mol. The summed E-state index contributed by atoms with van der Waals surface area (Å²) in [7, 11) is 0. The molecule has 7 heteroatoms. The summed E-state index contributed by atoms with van der Waals surface area (Å²) in [6.07, 6.45) is 0. The van der Waals surface area contributed by atoms with E-state index < -0.39 is 0 Å². The Morgan fingerprint density at radius 2 is 0.571 bits per heavy atom. The maximum atomic E-state index is 0. The molecule has 0 unspecified atom stereocenters. The van der Waals surface area contributed by atoms with E-state index in [1.54, 1.807) is 0 Å². The summed E-state index contributed by atoms with van der Waals surface area (Å²) in [5.41, 5.74) is 0. The van der Waals surface area contributed by atoms with Crippen LogP contribution in [-0.2, 0) is 38.2 Å². The molecule has 0 aliphatic carbocycles. The molecule has 4 nitrogen and oxygen atoms in total. The first-order valence-corrected chi connectivity index (χ1v) is 0. The Bertz CT molecular complexity index is 11.7. The first-order chi connectivity index (χ1) is 0. The van der Waals surface area contributed by atoms with Gasteiger partial charge in [0.05, 0.1) is 0 Å². The van der Waals surface area contributed by atoms with Crippen molar-refractivity contribution in [2.45, 2.75) is 0 Å². The van der Waals surface area contributed by atoms with Crippen molar-refractivity contribution in [3.63, 3.8) is 0 Å². The number of hydrogen-bond donors (Lipinski definition) is 0. The van der Waals surface area contributed by atoms with Crippen LogP contribution in [0.15, 0.2) is 0 Å². The van der Waals surface area contributed by atoms with E-state index >= 15 is 0 Å². The SMILES string of the molecule is [Ni+2].[OH-].[OH-].[OH-].[OH-].[Sb+3].[Ti]. The van der Waals surface area contributed by atoms with Crippen molar-refractivity contribution in [3.05, 3.63) is 0 Å². The van der Waals surface area contributed by atoms with Gasteiger partial charge in [0.1, 0.15) is 0 Å². The molecule has 4 N–H and O–H groups in total. The maximum Gasteiger partial charge on any atom is 3.00 e. The van der Waals surface area contributed by atoms with E-state index in [0.29, 0.717) is 0 Å². The molecule has 0 aromatic heterocycles. The van der Waals surface area contributed by atoms with Gasteiger partial charge in [-0.3, -0.25) is 0 Å². The van der Waals surface area contributed by atoms with Crippen LogP contribution in [0.2, 0.25) is 0 Å². The largest absolute Gasteiger partial charge is 3.00 e. The van der Waals surface area contributed by atoms with Gasteiger partial charge in [-0.25, -0.2) is 0 Å². The number of hydrogen-bond acceptors (Lipinski definition) is 4. The van der Waals surface area contributed by atoms with Gasteiger partial charge in [0.25, 0.3) is 0 Å². The van der Waals surface area contributed by atoms with Crippen molar-refractivity contribution in [2.24, 2.45) is 0 Å². The molecule has 0 aliphatic heterocycles. The molecule has 46 valence electrons. The van der Waals surface area contributed by atoms with Crippen LogP contribution in [0.3, 0.4) is 0 Å². The zero-order valence-electron chi connectivity index (χ0n) is 3.05. The van der Waals surface area contributed by atoms with Crippen molar-refractivity contribution < 1.29 is 60.1 Å². The fourth-order valence-electron chi connectivity index (χ4n) is 0. The van der Waals surface area contributed by atoms with Crippen LogP contribution >= 0.6 is 0 Å². The topological polar surface area (TPSA) is 120 Å². The van der Waals surface area contributed by atoms with Gasteiger partial charge >= 0.3 is 40.9 Å². The Labute approximate surface area is 83.9 Å². The van der Waals surface area contributed by atoms with Crippen LogP contribution in [0.25, 0.3) is 0 Å². The van der Waals surface area contributed by atoms with Crippen molar-refractivity contribution in [2.75, 3.05) is 0 Å². The van der Waals surface area contributed by atoms with Crippen LogP contribution in [0.1, 0.15) is 0 Å². The van der Waals surface area contributed by atoms with Gasteiger partial charge in [0, 0.05) is 21.7 Å². The predicted octanol–water partition coefficient (Wildman–Crippen LogP) is -1.09. The third-order valence-electron chi connectivity index (χ3n) is 0. The second kappa shape index (κ2) is 106. The first-order valence-electron chi connectivity index (χ1n) is 0. The molecule has 0 rings (SSSR count). The van der Waals surface area contributed by atoms with Crippen molar-refractivity contribution in [3.8, 4) is 0 Å². The smallest absolute Gasteiger partial charge is 0.870 e. The van der Waals surface area contributed by atoms with E-state index in [-0.39, 0.29) is 84.5 Å². The number of rotatable bonds is 0. The Hall–Kier alpha value is 1.87. The zero-order valence-corrected chi connectivity index (χ0v) is 8.15. The maximum absolute atomic E-state index is 0. The van der Waals surface area contributed by atoms with Crippen LogP contribution in [0.5, 0.6) is 0 Å². The summed E-state index contributed by atoms with van der Waals surface area (Å²) >= 11 is 0. The molecule has 0 saturated carbocycles. The Kier molecular flexibility index (Phi) is 2400. The minimum absolute atomic E-state index is 0.